The second kappa shape index (κ2) is 4.51. The number of halogens is 3. The van der Waals surface area contributed by atoms with Gasteiger partial charge in [0.05, 0.1) is 11.1 Å². The lowest BCUT2D eigenvalue weighted by Gasteiger charge is -2.22. The smallest absolute Gasteiger partial charge is 0.418 e. The molecule has 0 bridgehead atoms. The van der Waals surface area contributed by atoms with Gasteiger partial charge in [0.15, 0.2) is 0 Å². The molecule has 98 valence electrons. The molecule has 18 heavy (non-hydrogen) atoms. The van der Waals surface area contributed by atoms with Crippen LogP contribution in [0.4, 0.5) is 18.9 Å². The average molecular weight is 259 g/mol. The van der Waals surface area contributed by atoms with Crippen molar-refractivity contribution in [3.8, 4) is 0 Å². The topological polar surface area (TPSA) is 40.5 Å². The third-order valence-corrected chi connectivity index (χ3v) is 3.00. The Kier molecular flexibility index (Phi) is 3.19. The number of carboxylic acid groups (broad SMARTS) is 1. The van der Waals surface area contributed by atoms with Crippen LogP contribution in [-0.4, -0.2) is 24.2 Å². The van der Waals surface area contributed by atoms with Gasteiger partial charge < -0.3 is 10.0 Å². The number of benzene rings is 1. The van der Waals surface area contributed by atoms with Crippen molar-refractivity contribution in [2.45, 2.75) is 19.0 Å². The second-order valence-electron chi connectivity index (χ2n) is 4.23. The van der Waals surface area contributed by atoms with Crippen molar-refractivity contribution in [3.63, 3.8) is 0 Å². The van der Waals surface area contributed by atoms with Gasteiger partial charge in [-0.3, -0.25) is 0 Å². The van der Waals surface area contributed by atoms with E-state index in [4.69, 9.17) is 5.11 Å². The zero-order chi connectivity index (χ0) is 13.3. The van der Waals surface area contributed by atoms with Crippen LogP contribution >= 0.6 is 0 Å². The molecule has 0 saturated carbocycles. The molecule has 2 rings (SSSR count). The van der Waals surface area contributed by atoms with Gasteiger partial charge in [-0.25, -0.2) is 4.79 Å². The highest BCUT2D eigenvalue weighted by atomic mass is 19.4. The molecule has 0 aromatic heterocycles. The fourth-order valence-electron chi connectivity index (χ4n) is 2.13. The van der Waals surface area contributed by atoms with Crippen molar-refractivity contribution >= 4 is 11.7 Å². The lowest BCUT2D eigenvalue weighted by molar-refractivity contribution is -0.137. The zero-order valence-corrected chi connectivity index (χ0v) is 9.50. The van der Waals surface area contributed by atoms with E-state index in [1.807, 2.05) is 0 Å². The molecule has 1 aliphatic heterocycles. The molecule has 3 nitrogen and oxygen atoms in total. The van der Waals surface area contributed by atoms with Crippen molar-refractivity contribution < 1.29 is 23.1 Å². The quantitative estimate of drug-likeness (QED) is 0.887. The van der Waals surface area contributed by atoms with E-state index in [2.05, 4.69) is 0 Å². The zero-order valence-electron chi connectivity index (χ0n) is 9.50. The summed E-state index contributed by atoms with van der Waals surface area (Å²) in [5.74, 6) is -1.35. The van der Waals surface area contributed by atoms with E-state index in [1.165, 1.54) is 12.1 Å². The lowest BCUT2D eigenvalue weighted by atomic mass is 10.1. The number of alkyl halides is 3. The van der Waals surface area contributed by atoms with Crippen LogP contribution in [0, 0.1) is 0 Å². The van der Waals surface area contributed by atoms with E-state index in [1.54, 1.807) is 4.90 Å². The fourth-order valence-corrected chi connectivity index (χ4v) is 2.13. The summed E-state index contributed by atoms with van der Waals surface area (Å²) in [4.78, 5) is 12.4. The average Bonchev–Trinajstić information content (AvgIpc) is 2.80. The number of carboxylic acids is 1. The molecular formula is C12H12F3NO2. The van der Waals surface area contributed by atoms with Gasteiger partial charge in [-0.2, -0.15) is 13.2 Å². The molecule has 0 unspecified atom stereocenters. The molecule has 0 aliphatic carbocycles. The maximum absolute atomic E-state index is 12.9. The van der Waals surface area contributed by atoms with E-state index in [9.17, 15) is 18.0 Å². The maximum Gasteiger partial charge on any atom is 0.418 e. The normalized spacial score (nSPS) is 16.1. The summed E-state index contributed by atoms with van der Waals surface area (Å²) in [7, 11) is 0. The van der Waals surface area contributed by atoms with E-state index in [-0.39, 0.29) is 11.3 Å². The third-order valence-electron chi connectivity index (χ3n) is 3.00. The molecule has 1 heterocycles. The van der Waals surface area contributed by atoms with Crippen molar-refractivity contribution in [1.29, 1.82) is 0 Å². The van der Waals surface area contributed by atoms with E-state index in [0.717, 1.165) is 12.8 Å². The predicted octanol–water partition coefficient (Wildman–Crippen LogP) is 3.00. The summed E-state index contributed by atoms with van der Waals surface area (Å²) in [5.41, 5.74) is -1.14. The van der Waals surface area contributed by atoms with Gasteiger partial charge in [0.1, 0.15) is 0 Å². The van der Waals surface area contributed by atoms with Crippen LogP contribution in [0.15, 0.2) is 18.2 Å². The Bertz CT molecular complexity index is 465. The molecule has 1 N–H and O–H groups in total. The first-order chi connectivity index (χ1) is 8.39. The van der Waals surface area contributed by atoms with Crippen molar-refractivity contribution in [3.05, 3.63) is 29.3 Å². The number of aromatic carboxylic acids is 1. The van der Waals surface area contributed by atoms with Crippen LogP contribution in [0.5, 0.6) is 0 Å². The van der Waals surface area contributed by atoms with Crippen LogP contribution < -0.4 is 4.90 Å². The van der Waals surface area contributed by atoms with Crippen LogP contribution in [-0.2, 0) is 6.18 Å². The first-order valence-electron chi connectivity index (χ1n) is 5.59. The summed E-state index contributed by atoms with van der Waals surface area (Å²) in [6.07, 6.45) is -2.82. The molecule has 1 aliphatic rings. The Morgan fingerprint density at radius 3 is 2.33 bits per heavy atom. The van der Waals surface area contributed by atoms with E-state index < -0.39 is 17.7 Å². The Morgan fingerprint density at radius 1 is 1.22 bits per heavy atom. The SMILES string of the molecule is O=C(O)c1ccc(N2CCCC2)c(C(F)(F)F)c1. The Hall–Kier alpha value is -1.72. The molecule has 1 aromatic rings. The standard InChI is InChI=1S/C12H12F3NO2/c13-12(14,15)9-7-8(11(17)18)3-4-10(9)16-5-1-2-6-16/h3-4,7H,1-2,5-6H2,(H,17,18). The first-order valence-corrected chi connectivity index (χ1v) is 5.59. The monoisotopic (exact) mass is 259 g/mol. The molecular weight excluding hydrogens is 247 g/mol. The fraction of sp³-hybridized carbons (Fsp3) is 0.417. The van der Waals surface area contributed by atoms with E-state index >= 15 is 0 Å². The number of nitrogens with zero attached hydrogens (tertiary/aromatic N) is 1. The summed E-state index contributed by atoms with van der Waals surface area (Å²) < 4.78 is 38.8. The molecule has 0 spiro atoms. The van der Waals surface area contributed by atoms with Gasteiger partial charge in [-0.05, 0) is 31.0 Å². The van der Waals surface area contributed by atoms with Gasteiger partial charge in [-0.15, -0.1) is 0 Å². The van der Waals surface area contributed by atoms with Gasteiger partial charge in [0, 0.05) is 18.8 Å². The number of carbonyl (C=O) groups is 1. The Labute approximate surface area is 102 Å². The molecule has 1 fully saturated rings. The minimum Gasteiger partial charge on any atom is -0.478 e. The number of hydrogen-bond acceptors (Lipinski definition) is 2. The summed E-state index contributed by atoms with van der Waals surface area (Å²) in [6, 6.07) is 3.17. The predicted molar refractivity (Wildman–Crippen MR) is 59.9 cm³/mol. The van der Waals surface area contributed by atoms with Crippen LogP contribution in [0.25, 0.3) is 0 Å². The summed E-state index contributed by atoms with van der Waals surface area (Å²) in [6.45, 7) is 1.16. The van der Waals surface area contributed by atoms with Crippen molar-refractivity contribution in [2.75, 3.05) is 18.0 Å². The summed E-state index contributed by atoms with van der Waals surface area (Å²) >= 11 is 0. The second-order valence-corrected chi connectivity index (χ2v) is 4.23. The van der Waals surface area contributed by atoms with Crippen LogP contribution in [0.1, 0.15) is 28.8 Å². The Morgan fingerprint density at radius 2 is 1.83 bits per heavy atom. The van der Waals surface area contributed by atoms with Crippen molar-refractivity contribution in [2.24, 2.45) is 0 Å². The molecule has 1 aromatic carbocycles. The molecule has 1 saturated heterocycles. The van der Waals surface area contributed by atoms with Gasteiger partial charge in [-0.1, -0.05) is 0 Å². The first kappa shape index (κ1) is 12.7. The Balaban J connectivity index is 2.48. The number of rotatable bonds is 2. The van der Waals surface area contributed by atoms with Crippen molar-refractivity contribution in [1.82, 2.24) is 0 Å². The summed E-state index contributed by atoms with van der Waals surface area (Å²) in [5, 5.41) is 8.75. The third kappa shape index (κ3) is 2.42. The van der Waals surface area contributed by atoms with Gasteiger partial charge in [0.2, 0.25) is 0 Å². The minimum absolute atomic E-state index is 0.0741. The highest BCUT2D eigenvalue weighted by molar-refractivity contribution is 5.88. The molecule has 0 radical (unpaired) electrons. The largest absolute Gasteiger partial charge is 0.478 e. The number of hydrogen-bond donors (Lipinski definition) is 1. The highest BCUT2D eigenvalue weighted by Crippen LogP contribution is 2.38. The lowest BCUT2D eigenvalue weighted by Crippen LogP contribution is -2.22. The molecule has 0 atom stereocenters. The highest BCUT2D eigenvalue weighted by Gasteiger charge is 2.36. The molecule has 0 amide bonds. The van der Waals surface area contributed by atoms with E-state index in [0.29, 0.717) is 19.2 Å². The minimum atomic E-state index is -4.54. The van der Waals surface area contributed by atoms with Crippen LogP contribution in [0.3, 0.4) is 0 Å². The van der Waals surface area contributed by atoms with Gasteiger partial charge in [0.25, 0.3) is 0 Å². The number of anilines is 1. The maximum atomic E-state index is 12.9. The van der Waals surface area contributed by atoms with Crippen LogP contribution in [0.2, 0.25) is 0 Å². The molecule has 6 heteroatoms. The van der Waals surface area contributed by atoms with Gasteiger partial charge >= 0.3 is 12.1 Å².